The van der Waals surface area contributed by atoms with E-state index in [0.717, 1.165) is 25.0 Å². The van der Waals surface area contributed by atoms with Crippen molar-refractivity contribution in [1.29, 1.82) is 0 Å². The fourth-order valence-corrected chi connectivity index (χ4v) is 3.22. The van der Waals surface area contributed by atoms with Crippen LogP contribution in [0.3, 0.4) is 0 Å². The van der Waals surface area contributed by atoms with E-state index in [-0.39, 0.29) is 11.5 Å². The third-order valence-electron chi connectivity index (χ3n) is 4.66. The van der Waals surface area contributed by atoms with Gasteiger partial charge in [-0.25, -0.2) is 0 Å². The maximum absolute atomic E-state index is 10.8. The highest BCUT2D eigenvalue weighted by molar-refractivity contribution is 5.87. The number of aliphatic hydroxyl groups excluding tert-OH is 1. The van der Waals surface area contributed by atoms with Gasteiger partial charge in [-0.1, -0.05) is 62.4 Å². The number of carbonyl (C=O) groups is 1. The summed E-state index contributed by atoms with van der Waals surface area (Å²) in [5, 5.41) is 9.53. The van der Waals surface area contributed by atoms with Crippen molar-refractivity contribution in [1.82, 2.24) is 4.98 Å². The zero-order chi connectivity index (χ0) is 19.3. The SMILES string of the molecule is CC(=O)C=C(O)CCCCCCCCCc1ccnc(-c2ccccc2)c1. The molecule has 1 aromatic carbocycles. The average molecular weight is 366 g/mol. The first-order valence-electron chi connectivity index (χ1n) is 10.1. The number of benzene rings is 1. The van der Waals surface area contributed by atoms with Crippen LogP contribution in [-0.2, 0) is 11.2 Å². The maximum atomic E-state index is 10.8. The summed E-state index contributed by atoms with van der Waals surface area (Å²) in [5.74, 6) is 0.132. The summed E-state index contributed by atoms with van der Waals surface area (Å²) >= 11 is 0. The van der Waals surface area contributed by atoms with E-state index in [2.05, 4.69) is 29.2 Å². The summed E-state index contributed by atoms with van der Waals surface area (Å²) in [4.78, 5) is 15.3. The first-order chi connectivity index (χ1) is 13.1. The molecule has 0 saturated heterocycles. The van der Waals surface area contributed by atoms with E-state index >= 15 is 0 Å². The number of pyridine rings is 1. The summed E-state index contributed by atoms with van der Waals surface area (Å²) in [7, 11) is 0. The topological polar surface area (TPSA) is 50.2 Å². The van der Waals surface area contributed by atoms with Gasteiger partial charge < -0.3 is 5.11 Å². The number of ketones is 1. The van der Waals surface area contributed by atoms with Gasteiger partial charge in [0.05, 0.1) is 11.5 Å². The summed E-state index contributed by atoms with van der Waals surface area (Å²) in [5.41, 5.74) is 3.58. The molecule has 3 nitrogen and oxygen atoms in total. The third kappa shape index (κ3) is 8.67. The summed E-state index contributed by atoms with van der Waals surface area (Å²) in [6, 6.07) is 14.6. The third-order valence-corrected chi connectivity index (χ3v) is 4.66. The van der Waals surface area contributed by atoms with Gasteiger partial charge in [0.25, 0.3) is 0 Å². The van der Waals surface area contributed by atoms with E-state index in [9.17, 15) is 9.90 Å². The Bertz CT molecular complexity index is 722. The van der Waals surface area contributed by atoms with Gasteiger partial charge in [-0.3, -0.25) is 9.78 Å². The Hall–Kier alpha value is -2.42. The Morgan fingerprint density at radius 1 is 0.963 bits per heavy atom. The van der Waals surface area contributed by atoms with E-state index in [4.69, 9.17) is 0 Å². The van der Waals surface area contributed by atoms with Crippen LogP contribution in [0.4, 0.5) is 0 Å². The summed E-state index contributed by atoms with van der Waals surface area (Å²) < 4.78 is 0. The molecular formula is C24H31NO2. The van der Waals surface area contributed by atoms with Crippen LogP contribution in [0, 0.1) is 0 Å². The maximum Gasteiger partial charge on any atom is 0.155 e. The number of hydrogen-bond acceptors (Lipinski definition) is 3. The highest BCUT2D eigenvalue weighted by atomic mass is 16.3. The zero-order valence-electron chi connectivity index (χ0n) is 16.4. The van der Waals surface area contributed by atoms with Crippen LogP contribution in [0.2, 0.25) is 0 Å². The second-order valence-corrected chi connectivity index (χ2v) is 7.14. The molecule has 0 unspecified atom stereocenters. The highest BCUT2D eigenvalue weighted by Crippen LogP contribution is 2.19. The van der Waals surface area contributed by atoms with Crippen LogP contribution in [-0.4, -0.2) is 15.9 Å². The second-order valence-electron chi connectivity index (χ2n) is 7.14. The predicted octanol–water partition coefficient (Wildman–Crippen LogP) is 6.44. The molecule has 0 aliphatic carbocycles. The Balaban J connectivity index is 1.57. The summed E-state index contributed by atoms with van der Waals surface area (Å²) in [6.07, 6.45) is 13.2. The molecule has 144 valence electrons. The number of aromatic nitrogens is 1. The molecule has 0 radical (unpaired) electrons. The molecule has 0 aliphatic heterocycles. The Labute approximate surface area is 163 Å². The summed E-state index contributed by atoms with van der Waals surface area (Å²) in [6.45, 7) is 1.46. The van der Waals surface area contributed by atoms with Crippen molar-refractivity contribution in [3.63, 3.8) is 0 Å². The number of hydrogen-bond donors (Lipinski definition) is 1. The molecule has 0 amide bonds. The first kappa shape index (κ1) is 20.9. The molecule has 3 heteroatoms. The van der Waals surface area contributed by atoms with Crippen LogP contribution in [0.5, 0.6) is 0 Å². The minimum atomic E-state index is -0.0856. The largest absolute Gasteiger partial charge is 0.512 e. The molecule has 1 N–H and O–H groups in total. The van der Waals surface area contributed by atoms with Crippen molar-refractivity contribution in [2.24, 2.45) is 0 Å². The van der Waals surface area contributed by atoms with Crippen molar-refractivity contribution < 1.29 is 9.90 Å². The molecule has 0 fully saturated rings. The molecule has 1 aromatic heterocycles. The number of rotatable bonds is 12. The normalized spacial score (nSPS) is 11.5. The number of nitrogens with zero attached hydrogens (tertiary/aromatic N) is 1. The van der Waals surface area contributed by atoms with E-state index in [1.165, 1.54) is 56.2 Å². The number of aliphatic hydroxyl groups is 1. The quantitative estimate of drug-likeness (QED) is 0.267. The second kappa shape index (κ2) is 12.1. The van der Waals surface area contributed by atoms with Crippen LogP contribution in [0.25, 0.3) is 11.3 Å². The average Bonchev–Trinajstić information content (AvgIpc) is 2.67. The van der Waals surface area contributed by atoms with E-state index in [1.54, 1.807) is 0 Å². The standard InChI is InChI=1S/C24H31NO2/c1-20(26)18-23(27)15-11-6-4-2-3-5-8-12-21-16-17-25-24(19-21)22-13-9-7-10-14-22/h7,9-10,13-14,16-19,27H,2-6,8,11-12,15H2,1H3. The van der Waals surface area contributed by atoms with Crippen LogP contribution in [0.1, 0.15) is 63.9 Å². The fourth-order valence-electron chi connectivity index (χ4n) is 3.22. The monoisotopic (exact) mass is 365 g/mol. The molecular weight excluding hydrogens is 334 g/mol. The fraction of sp³-hybridized carbons (Fsp3) is 0.417. The lowest BCUT2D eigenvalue weighted by Gasteiger charge is -2.05. The number of carbonyl (C=O) groups excluding carboxylic acids is 1. The lowest BCUT2D eigenvalue weighted by Crippen LogP contribution is -1.90. The minimum Gasteiger partial charge on any atom is -0.512 e. The molecule has 0 atom stereocenters. The molecule has 0 saturated carbocycles. The van der Waals surface area contributed by atoms with Crippen molar-refractivity contribution in [3.8, 4) is 11.3 Å². The van der Waals surface area contributed by atoms with Crippen LogP contribution < -0.4 is 0 Å². The van der Waals surface area contributed by atoms with E-state index in [0.29, 0.717) is 6.42 Å². The van der Waals surface area contributed by atoms with Crippen molar-refractivity contribution in [2.45, 2.75) is 64.7 Å². The number of unbranched alkanes of at least 4 members (excludes halogenated alkanes) is 6. The van der Waals surface area contributed by atoms with Crippen molar-refractivity contribution >= 4 is 5.78 Å². The zero-order valence-corrected chi connectivity index (χ0v) is 16.4. The van der Waals surface area contributed by atoms with Crippen molar-refractivity contribution in [2.75, 3.05) is 0 Å². The highest BCUT2D eigenvalue weighted by Gasteiger charge is 2.01. The molecule has 2 aromatic rings. The lowest BCUT2D eigenvalue weighted by atomic mass is 10.0. The minimum absolute atomic E-state index is 0.0856. The van der Waals surface area contributed by atoms with Gasteiger partial charge in [0.15, 0.2) is 5.78 Å². The lowest BCUT2D eigenvalue weighted by molar-refractivity contribution is -0.112. The van der Waals surface area contributed by atoms with E-state index < -0.39 is 0 Å². The molecule has 0 bridgehead atoms. The Morgan fingerprint density at radius 2 is 1.63 bits per heavy atom. The van der Waals surface area contributed by atoms with Gasteiger partial charge >= 0.3 is 0 Å². The Morgan fingerprint density at radius 3 is 2.33 bits per heavy atom. The first-order valence-corrected chi connectivity index (χ1v) is 10.1. The van der Waals surface area contributed by atoms with Crippen molar-refractivity contribution in [3.05, 3.63) is 66.1 Å². The van der Waals surface area contributed by atoms with Gasteiger partial charge in [0.2, 0.25) is 0 Å². The van der Waals surface area contributed by atoms with Crippen LogP contribution in [0.15, 0.2) is 60.5 Å². The Kier molecular flexibility index (Phi) is 9.33. The van der Waals surface area contributed by atoms with Gasteiger partial charge in [-0.2, -0.15) is 0 Å². The van der Waals surface area contributed by atoms with Gasteiger partial charge in [0.1, 0.15) is 0 Å². The smallest absolute Gasteiger partial charge is 0.155 e. The van der Waals surface area contributed by atoms with Crippen LogP contribution >= 0.6 is 0 Å². The van der Waals surface area contributed by atoms with Gasteiger partial charge in [-0.05, 0) is 43.9 Å². The molecule has 1 heterocycles. The predicted molar refractivity (Wildman–Crippen MR) is 112 cm³/mol. The number of aryl methyl sites for hydroxylation is 1. The molecule has 0 aliphatic rings. The van der Waals surface area contributed by atoms with Gasteiger partial charge in [-0.15, -0.1) is 0 Å². The molecule has 0 spiro atoms. The molecule has 2 rings (SSSR count). The van der Waals surface area contributed by atoms with Gasteiger partial charge in [0, 0.05) is 24.3 Å². The van der Waals surface area contributed by atoms with E-state index in [1.807, 2.05) is 24.4 Å². The number of allylic oxidation sites excluding steroid dienone is 2. The molecule has 27 heavy (non-hydrogen) atoms.